The largest absolute Gasteiger partial charge is 0.465 e. The number of carbonyl (C=O) groups excluding carboxylic acids is 2. The van der Waals surface area contributed by atoms with Gasteiger partial charge in [0.15, 0.2) is 0 Å². The zero-order valence-electron chi connectivity index (χ0n) is 13.4. The molecule has 0 atom stereocenters. The van der Waals surface area contributed by atoms with Gasteiger partial charge in [0.2, 0.25) is 5.91 Å². The Labute approximate surface area is 130 Å². The van der Waals surface area contributed by atoms with Gasteiger partial charge in [0, 0.05) is 19.2 Å². The third-order valence-corrected chi connectivity index (χ3v) is 4.20. The number of hydrogen-bond donors (Lipinski definition) is 0. The minimum atomic E-state index is -0.438. The number of amides is 1. The Morgan fingerprint density at radius 3 is 2.64 bits per heavy atom. The highest BCUT2D eigenvalue weighted by Gasteiger charge is 2.20. The van der Waals surface area contributed by atoms with E-state index in [-0.39, 0.29) is 5.91 Å². The van der Waals surface area contributed by atoms with E-state index in [0.717, 1.165) is 12.8 Å². The van der Waals surface area contributed by atoms with Crippen molar-refractivity contribution in [3.05, 3.63) is 29.2 Å². The summed E-state index contributed by atoms with van der Waals surface area (Å²) >= 11 is 0. The summed E-state index contributed by atoms with van der Waals surface area (Å²) in [6.45, 7) is 1.69. The molecule has 0 saturated heterocycles. The van der Waals surface area contributed by atoms with E-state index in [1.165, 1.54) is 32.4 Å². The zero-order valence-corrected chi connectivity index (χ0v) is 13.4. The van der Waals surface area contributed by atoms with Gasteiger partial charge in [-0.3, -0.25) is 4.79 Å². The summed E-state index contributed by atoms with van der Waals surface area (Å²) in [6.07, 6.45) is 8.87. The van der Waals surface area contributed by atoms with Crippen molar-refractivity contribution in [2.75, 3.05) is 14.2 Å². The average Bonchev–Trinajstić information content (AvgIpc) is 2.92. The molecule has 0 N–H and O–H groups in total. The first-order valence-electron chi connectivity index (χ1n) is 7.66. The van der Waals surface area contributed by atoms with Gasteiger partial charge in [-0.2, -0.15) is 0 Å². The number of aryl methyl sites for hydroxylation is 1. The van der Waals surface area contributed by atoms with E-state index in [9.17, 15) is 9.59 Å². The number of nitrogens with zero attached hydrogens (tertiary/aromatic N) is 1. The lowest BCUT2D eigenvalue weighted by atomic mass is 9.94. The van der Waals surface area contributed by atoms with Gasteiger partial charge in [-0.15, -0.1) is 0 Å². The molecule has 1 fully saturated rings. The highest BCUT2D eigenvalue weighted by Crippen LogP contribution is 2.22. The van der Waals surface area contributed by atoms with Crippen LogP contribution in [0.5, 0.6) is 0 Å². The molecule has 1 aromatic rings. The predicted molar refractivity (Wildman–Crippen MR) is 83.5 cm³/mol. The van der Waals surface area contributed by atoms with E-state index in [0.29, 0.717) is 23.1 Å². The van der Waals surface area contributed by atoms with Gasteiger partial charge in [0.05, 0.1) is 7.11 Å². The van der Waals surface area contributed by atoms with Gasteiger partial charge in [-0.05, 0) is 31.9 Å². The molecule has 1 aromatic heterocycles. The number of esters is 1. The summed E-state index contributed by atoms with van der Waals surface area (Å²) < 4.78 is 10.1. The SMILES string of the molecule is COC(=O)c1cc(C=CC(=O)N(C)C2CCCCC2)oc1C. The minimum absolute atomic E-state index is 0.0411. The Bertz CT molecular complexity index is 567. The molecule has 5 heteroatoms. The standard InChI is InChI=1S/C17H23NO4/c1-12-15(17(20)21-3)11-14(22-12)9-10-16(19)18(2)13-7-5-4-6-8-13/h9-11,13H,4-8H2,1-3H3. The number of furan rings is 1. The first kappa shape index (κ1) is 16.3. The summed E-state index contributed by atoms with van der Waals surface area (Å²) in [5.41, 5.74) is 0.384. The molecule has 1 saturated carbocycles. The van der Waals surface area contributed by atoms with Crippen LogP contribution in [0, 0.1) is 6.92 Å². The molecule has 120 valence electrons. The molecule has 0 bridgehead atoms. The third kappa shape index (κ3) is 3.78. The molecule has 1 amide bonds. The van der Waals surface area contributed by atoms with E-state index in [2.05, 4.69) is 4.74 Å². The van der Waals surface area contributed by atoms with E-state index >= 15 is 0 Å². The van der Waals surface area contributed by atoms with E-state index in [1.807, 2.05) is 7.05 Å². The lowest BCUT2D eigenvalue weighted by Gasteiger charge is -2.30. The minimum Gasteiger partial charge on any atom is -0.465 e. The number of carbonyl (C=O) groups is 2. The van der Waals surface area contributed by atoms with Gasteiger partial charge in [-0.1, -0.05) is 19.3 Å². The molecule has 0 aliphatic heterocycles. The zero-order chi connectivity index (χ0) is 16.1. The predicted octanol–water partition coefficient (Wildman–Crippen LogP) is 3.18. The van der Waals surface area contributed by atoms with Crippen molar-refractivity contribution in [2.45, 2.75) is 45.1 Å². The number of methoxy groups -OCH3 is 1. The van der Waals surface area contributed by atoms with Gasteiger partial charge < -0.3 is 14.1 Å². The van der Waals surface area contributed by atoms with Crippen molar-refractivity contribution in [2.24, 2.45) is 0 Å². The van der Waals surface area contributed by atoms with Crippen molar-refractivity contribution in [3.8, 4) is 0 Å². The van der Waals surface area contributed by atoms with Crippen molar-refractivity contribution < 1.29 is 18.7 Å². The van der Waals surface area contributed by atoms with Crippen LogP contribution in [-0.4, -0.2) is 37.0 Å². The lowest BCUT2D eigenvalue weighted by molar-refractivity contribution is -0.127. The molecular weight excluding hydrogens is 282 g/mol. The average molecular weight is 305 g/mol. The first-order valence-corrected chi connectivity index (χ1v) is 7.66. The van der Waals surface area contributed by atoms with Crippen LogP contribution >= 0.6 is 0 Å². The third-order valence-electron chi connectivity index (χ3n) is 4.20. The van der Waals surface area contributed by atoms with Crippen LogP contribution in [0.15, 0.2) is 16.6 Å². The fraction of sp³-hybridized carbons (Fsp3) is 0.529. The first-order chi connectivity index (χ1) is 10.5. The van der Waals surface area contributed by atoms with Crippen LogP contribution in [-0.2, 0) is 9.53 Å². The van der Waals surface area contributed by atoms with Crippen molar-refractivity contribution >= 4 is 18.0 Å². The molecule has 0 spiro atoms. The maximum atomic E-state index is 12.2. The summed E-state index contributed by atoms with van der Waals surface area (Å²) in [6, 6.07) is 1.92. The lowest BCUT2D eigenvalue weighted by Crippen LogP contribution is -2.37. The van der Waals surface area contributed by atoms with Crippen molar-refractivity contribution in [3.63, 3.8) is 0 Å². The van der Waals surface area contributed by atoms with E-state index < -0.39 is 5.97 Å². The van der Waals surface area contributed by atoms with Gasteiger partial charge in [0.25, 0.3) is 0 Å². The second kappa shape index (κ2) is 7.29. The molecule has 2 rings (SSSR count). The highest BCUT2D eigenvalue weighted by atomic mass is 16.5. The smallest absolute Gasteiger partial charge is 0.341 e. The summed E-state index contributed by atoms with van der Waals surface area (Å²) in [5, 5.41) is 0. The van der Waals surface area contributed by atoms with Crippen LogP contribution in [0.25, 0.3) is 6.08 Å². The highest BCUT2D eigenvalue weighted by molar-refractivity contribution is 5.93. The fourth-order valence-corrected chi connectivity index (χ4v) is 2.82. The fourth-order valence-electron chi connectivity index (χ4n) is 2.82. The van der Waals surface area contributed by atoms with Gasteiger partial charge >= 0.3 is 5.97 Å². The van der Waals surface area contributed by atoms with Gasteiger partial charge in [0.1, 0.15) is 17.1 Å². The maximum Gasteiger partial charge on any atom is 0.341 e. The molecule has 1 aliphatic carbocycles. The molecule has 1 heterocycles. The second-order valence-electron chi connectivity index (χ2n) is 5.68. The number of hydrogen-bond acceptors (Lipinski definition) is 4. The normalized spacial score (nSPS) is 16.0. The Morgan fingerprint density at radius 1 is 1.32 bits per heavy atom. The Balaban J connectivity index is 2.01. The van der Waals surface area contributed by atoms with E-state index in [4.69, 9.17) is 4.42 Å². The summed E-state index contributed by atoms with van der Waals surface area (Å²) in [7, 11) is 3.17. The second-order valence-corrected chi connectivity index (χ2v) is 5.68. The van der Waals surface area contributed by atoms with E-state index in [1.54, 1.807) is 24.0 Å². The van der Waals surface area contributed by atoms with Crippen molar-refractivity contribution in [1.29, 1.82) is 0 Å². The van der Waals surface area contributed by atoms with Crippen LogP contribution in [0.4, 0.5) is 0 Å². The Hall–Kier alpha value is -2.04. The number of likely N-dealkylation sites (N-methyl/N-ethyl adjacent to an activating group) is 1. The van der Waals surface area contributed by atoms with Crippen molar-refractivity contribution in [1.82, 2.24) is 4.90 Å². The van der Waals surface area contributed by atoms with Crippen LogP contribution in [0.1, 0.15) is 54.0 Å². The monoisotopic (exact) mass is 305 g/mol. The quantitative estimate of drug-likeness (QED) is 0.633. The molecular formula is C17H23NO4. The summed E-state index contributed by atoms with van der Waals surface area (Å²) in [5.74, 6) is 0.481. The topological polar surface area (TPSA) is 59.8 Å². The Kier molecular flexibility index (Phi) is 5.41. The molecule has 0 aromatic carbocycles. The van der Waals surface area contributed by atoms with Crippen LogP contribution in [0.2, 0.25) is 0 Å². The number of ether oxygens (including phenoxy) is 1. The summed E-state index contributed by atoms with van der Waals surface area (Å²) in [4.78, 5) is 25.5. The molecule has 22 heavy (non-hydrogen) atoms. The van der Waals surface area contributed by atoms with Crippen LogP contribution < -0.4 is 0 Å². The maximum absolute atomic E-state index is 12.2. The molecule has 0 unspecified atom stereocenters. The number of rotatable bonds is 4. The molecule has 1 aliphatic rings. The molecule has 0 radical (unpaired) electrons. The van der Waals surface area contributed by atoms with Gasteiger partial charge in [-0.25, -0.2) is 4.79 Å². The Morgan fingerprint density at radius 2 is 2.00 bits per heavy atom. The van der Waals surface area contributed by atoms with Crippen LogP contribution in [0.3, 0.4) is 0 Å². The molecule has 5 nitrogen and oxygen atoms in total.